The van der Waals surface area contributed by atoms with Crippen LogP contribution in [0.3, 0.4) is 0 Å². The van der Waals surface area contributed by atoms with E-state index in [0.29, 0.717) is 27.9 Å². The highest BCUT2D eigenvalue weighted by Crippen LogP contribution is 2.27. The monoisotopic (exact) mass is 384 g/mol. The van der Waals surface area contributed by atoms with Gasteiger partial charge in [0.1, 0.15) is 4.88 Å². The van der Waals surface area contributed by atoms with Crippen molar-refractivity contribution in [2.45, 2.75) is 27.7 Å². The van der Waals surface area contributed by atoms with Gasteiger partial charge in [0.2, 0.25) is 0 Å². The van der Waals surface area contributed by atoms with Crippen molar-refractivity contribution in [3.63, 3.8) is 0 Å². The summed E-state index contributed by atoms with van der Waals surface area (Å²) in [6.45, 7) is 7.74. The molecule has 3 aromatic rings. The molecular weight excluding hydrogens is 364 g/mol. The molecule has 140 valence electrons. The lowest BCUT2D eigenvalue weighted by Gasteiger charge is -2.05. The van der Waals surface area contributed by atoms with E-state index in [2.05, 4.69) is 15.4 Å². The van der Waals surface area contributed by atoms with Crippen molar-refractivity contribution in [3.05, 3.63) is 57.9 Å². The summed E-state index contributed by atoms with van der Waals surface area (Å²) >= 11 is 1.19. The first-order chi connectivity index (χ1) is 12.9. The Bertz CT molecular complexity index is 989. The van der Waals surface area contributed by atoms with E-state index >= 15 is 0 Å². The first-order valence-corrected chi connectivity index (χ1v) is 9.29. The summed E-state index contributed by atoms with van der Waals surface area (Å²) in [5.41, 5.74) is 3.06. The van der Waals surface area contributed by atoms with Crippen LogP contribution in [-0.4, -0.2) is 33.2 Å². The number of hydrogen-bond acceptors (Lipinski definition) is 6. The number of carbonyl (C=O) groups is 2. The first-order valence-electron chi connectivity index (χ1n) is 8.47. The third kappa shape index (κ3) is 4.06. The molecular formula is C19H20N4O3S. The second-order valence-electron chi connectivity index (χ2n) is 6.04. The zero-order valence-electron chi connectivity index (χ0n) is 15.6. The van der Waals surface area contributed by atoms with Crippen LogP contribution >= 0.6 is 11.3 Å². The minimum absolute atomic E-state index is 0.293. The molecule has 0 aliphatic rings. The molecule has 0 bridgehead atoms. The van der Waals surface area contributed by atoms with Crippen molar-refractivity contribution in [1.82, 2.24) is 14.8 Å². The molecule has 0 unspecified atom stereocenters. The quantitative estimate of drug-likeness (QED) is 0.678. The number of rotatable bonds is 5. The van der Waals surface area contributed by atoms with Gasteiger partial charge >= 0.3 is 5.97 Å². The lowest BCUT2D eigenvalue weighted by molar-refractivity contribution is 0.0531. The summed E-state index contributed by atoms with van der Waals surface area (Å²) in [7, 11) is 0. The summed E-state index contributed by atoms with van der Waals surface area (Å²) in [4.78, 5) is 29.2. The average molecular weight is 384 g/mol. The van der Waals surface area contributed by atoms with E-state index in [9.17, 15) is 9.59 Å². The zero-order valence-corrected chi connectivity index (χ0v) is 16.4. The maximum absolute atomic E-state index is 12.5. The zero-order chi connectivity index (χ0) is 19.6. The minimum atomic E-state index is -0.378. The van der Waals surface area contributed by atoms with Gasteiger partial charge in [-0.3, -0.25) is 4.79 Å². The molecule has 3 heterocycles. The Hall–Kier alpha value is -3.00. The Morgan fingerprint density at radius 2 is 2.00 bits per heavy atom. The molecule has 3 rings (SSSR count). The molecule has 1 N–H and O–H groups in total. The Kier molecular flexibility index (Phi) is 5.36. The van der Waals surface area contributed by atoms with Gasteiger partial charge in [0.25, 0.3) is 5.91 Å². The number of anilines is 1. The maximum Gasteiger partial charge on any atom is 0.348 e. The molecule has 0 aliphatic heterocycles. The highest BCUT2D eigenvalue weighted by Gasteiger charge is 2.16. The number of pyridine rings is 1. The Morgan fingerprint density at radius 3 is 2.59 bits per heavy atom. The summed E-state index contributed by atoms with van der Waals surface area (Å²) in [6.07, 6.45) is 1.51. The molecule has 0 spiro atoms. The second kappa shape index (κ2) is 7.71. The van der Waals surface area contributed by atoms with E-state index in [1.807, 2.05) is 26.8 Å². The van der Waals surface area contributed by atoms with Gasteiger partial charge < -0.3 is 10.1 Å². The highest BCUT2D eigenvalue weighted by molar-refractivity contribution is 7.18. The number of aryl methyl sites for hydroxylation is 3. The highest BCUT2D eigenvalue weighted by atomic mass is 32.1. The standard InChI is InChI=1S/C19H20N4O3S/c1-5-26-19(25)17-11(2)8-16(27-17)21-18(24)14-6-7-15(20-10-14)23-13(4)9-12(3)22-23/h6-10H,5H2,1-4H3,(H,21,24). The number of nitrogens with zero attached hydrogens (tertiary/aromatic N) is 3. The molecule has 8 heteroatoms. The van der Waals surface area contributed by atoms with Gasteiger partial charge in [0, 0.05) is 11.9 Å². The number of esters is 1. The topological polar surface area (TPSA) is 86.1 Å². The van der Waals surface area contributed by atoms with Crippen LogP contribution in [0.15, 0.2) is 30.5 Å². The fourth-order valence-corrected chi connectivity index (χ4v) is 3.60. The number of nitrogens with one attached hydrogen (secondary N) is 1. The number of amides is 1. The van der Waals surface area contributed by atoms with Gasteiger partial charge in [-0.15, -0.1) is 11.3 Å². The molecule has 0 fully saturated rings. The van der Waals surface area contributed by atoms with Gasteiger partial charge in [-0.25, -0.2) is 14.5 Å². The van der Waals surface area contributed by atoms with Gasteiger partial charge in [-0.1, -0.05) is 0 Å². The summed E-state index contributed by atoms with van der Waals surface area (Å²) in [5.74, 6) is -0.0239. The largest absolute Gasteiger partial charge is 0.462 e. The molecule has 7 nitrogen and oxygen atoms in total. The lowest BCUT2D eigenvalue weighted by atomic mass is 10.2. The van der Waals surface area contributed by atoms with E-state index in [1.165, 1.54) is 17.5 Å². The Labute approximate surface area is 161 Å². The third-order valence-electron chi connectivity index (χ3n) is 3.85. The van der Waals surface area contributed by atoms with Crippen molar-refractivity contribution < 1.29 is 14.3 Å². The van der Waals surface area contributed by atoms with Gasteiger partial charge in [-0.05, 0) is 57.5 Å². The van der Waals surface area contributed by atoms with Crippen molar-refractivity contribution in [2.75, 3.05) is 11.9 Å². The molecule has 3 aromatic heterocycles. The summed E-state index contributed by atoms with van der Waals surface area (Å²) in [5, 5.41) is 7.77. The fraction of sp³-hybridized carbons (Fsp3) is 0.263. The van der Waals surface area contributed by atoms with Crippen LogP contribution in [0.1, 0.15) is 43.9 Å². The van der Waals surface area contributed by atoms with Crippen LogP contribution in [-0.2, 0) is 4.74 Å². The number of aromatic nitrogens is 3. The molecule has 0 saturated carbocycles. The fourth-order valence-electron chi connectivity index (χ4n) is 2.63. The van der Waals surface area contributed by atoms with E-state index in [1.54, 1.807) is 29.8 Å². The number of hydrogen-bond donors (Lipinski definition) is 1. The average Bonchev–Trinajstić information content (AvgIpc) is 3.16. The molecule has 0 saturated heterocycles. The molecule has 0 atom stereocenters. The van der Waals surface area contributed by atoms with Crippen LogP contribution in [0.5, 0.6) is 0 Å². The maximum atomic E-state index is 12.5. The van der Waals surface area contributed by atoms with Gasteiger partial charge in [0.05, 0.1) is 22.9 Å². The van der Waals surface area contributed by atoms with E-state index in [-0.39, 0.29) is 11.9 Å². The molecule has 27 heavy (non-hydrogen) atoms. The van der Waals surface area contributed by atoms with Crippen LogP contribution in [0.2, 0.25) is 0 Å². The Morgan fingerprint density at radius 1 is 1.22 bits per heavy atom. The lowest BCUT2D eigenvalue weighted by Crippen LogP contribution is -2.12. The third-order valence-corrected chi connectivity index (χ3v) is 4.98. The SMILES string of the molecule is CCOC(=O)c1sc(NC(=O)c2ccc(-n3nc(C)cc3C)nc2)cc1C. The Balaban J connectivity index is 1.74. The van der Waals surface area contributed by atoms with Gasteiger partial charge in [-0.2, -0.15) is 5.10 Å². The number of carbonyl (C=O) groups excluding carboxylic acids is 2. The normalized spacial score (nSPS) is 10.7. The minimum Gasteiger partial charge on any atom is -0.462 e. The van der Waals surface area contributed by atoms with Crippen molar-refractivity contribution in [1.29, 1.82) is 0 Å². The molecule has 0 radical (unpaired) electrons. The number of thiophene rings is 1. The second-order valence-corrected chi connectivity index (χ2v) is 7.09. The van der Waals surface area contributed by atoms with Crippen molar-refractivity contribution >= 4 is 28.2 Å². The van der Waals surface area contributed by atoms with Crippen molar-refractivity contribution in [3.8, 4) is 5.82 Å². The predicted octanol–water partition coefficient (Wildman–Crippen LogP) is 3.68. The van der Waals surface area contributed by atoms with Crippen LogP contribution in [0.4, 0.5) is 5.00 Å². The van der Waals surface area contributed by atoms with Crippen LogP contribution < -0.4 is 5.32 Å². The first kappa shape index (κ1) is 18.8. The number of ether oxygens (including phenoxy) is 1. The van der Waals surface area contributed by atoms with Crippen LogP contribution in [0, 0.1) is 20.8 Å². The van der Waals surface area contributed by atoms with E-state index < -0.39 is 0 Å². The molecule has 0 aliphatic carbocycles. The molecule has 0 aromatic carbocycles. The summed E-state index contributed by atoms with van der Waals surface area (Å²) < 4.78 is 6.75. The van der Waals surface area contributed by atoms with Gasteiger partial charge in [0.15, 0.2) is 5.82 Å². The molecule has 1 amide bonds. The predicted molar refractivity (Wildman–Crippen MR) is 104 cm³/mol. The smallest absolute Gasteiger partial charge is 0.348 e. The summed E-state index contributed by atoms with van der Waals surface area (Å²) in [6, 6.07) is 7.16. The van der Waals surface area contributed by atoms with Crippen LogP contribution in [0.25, 0.3) is 5.82 Å². The van der Waals surface area contributed by atoms with Crippen molar-refractivity contribution in [2.24, 2.45) is 0 Å². The van der Waals surface area contributed by atoms with E-state index in [0.717, 1.165) is 17.0 Å². The van der Waals surface area contributed by atoms with E-state index in [4.69, 9.17) is 4.74 Å².